The molecular weight excluding hydrogens is 335 g/mol. The van der Waals surface area contributed by atoms with E-state index >= 15 is 0 Å². The Balaban J connectivity index is 1.95. The van der Waals surface area contributed by atoms with Gasteiger partial charge in [-0.15, -0.1) is 0 Å². The number of nitrogens with zero attached hydrogens (tertiary/aromatic N) is 3. The van der Waals surface area contributed by atoms with E-state index < -0.39 is 11.7 Å². The Kier molecular flexibility index (Phi) is 4.43. The fourth-order valence-electron chi connectivity index (χ4n) is 2.17. The average molecular weight is 347 g/mol. The molecule has 0 radical (unpaired) electrons. The van der Waals surface area contributed by atoms with Crippen LogP contribution in [0.4, 0.5) is 10.1 Å². The van der Waals surface area contributed by atoms with Gasteiger partial charge in [-0.25, -0.2) is 14.1 Å². The van der Waals surface area contributed by atoms with E-state index in [1.165, 1.54) is 36.6 Å². The number of ether oxygens (including phenoxy) is 1. The van der Waals surface area contributed by atoms with Gasteiger partial charge in [-0.05, 0) is 24.3 Å². The van der Waals surface area contributed by atoms with Crippen LogP contribution >= 0.6 is 11.6 Å². The molecule has 0 atom stereocenters. The molecule has 0 saturated carbocycles. The molecule has 0 unspecified atom stereocenters. The summed E-state index contributed by atoms with van der Waals surface area (Å²) >= 11 is 6.19. The molecule has 3 aromatic rings. The van der Waals surface area contributed by atoms with Gasteiger partial charge in [-0.2, -0.15) is 5.10 Å². The Morgan fingerprint density at radius 3 is 2.83 bits per heavy atom. The second-order valence-electron chi connectivity index (χ2n) is 4.78. The minimum atomic E-state index is -0.684. The van der Waals surface area contributed by atoms with Gasteiger partial charge in [0.05, 0.1) is 23.4 Å². The van der Waals surface area contributed by atoms with E-state index in [2.05, 4.69) is 15.4 Å². The molecular formula is C16H12ClFN4O2. The number of aromatic nitrogens is 3. The fraction of sp³-hybridized carbons (Fsp3) is 0.0625. The monoisotopic (exact) mass is 346 g/mol. The van der Waals surface area contributed by atoms with Crippen molar-refractivity contribution in [2.45, 2.75) is 0 Å². The maximum absolute atomic E-state index is 14.0. The molecule has 3 rings (SSSR count). The van der Waals surface area contributed by atoms with Crippen molar-refractivity contribution in [1.29, 1.82) is 0 Å². The Morgan fingerprint density at radius 2 is 2.17 bits per heavy atom. The first-order valence-corrected chi connectivity index (χ1v) is 7.26. The van der Waals surface area contributed by atoms with Crippen LogP contribution in [-0.2, 0) is 0 Å². The fourth-order valence-corrected chi connectivity index (χ4v) is 2.43. The molecule has 8 heteroatoms. The summed E-state index contributed by atoms with van der Waals surface area (Å²) in [7, 11) is 1.42. The average Bonchev–Trinajstić information content (AvgIpc) is 3.08. The van der Waals surface area contributed by atoms with Gasteiger partial charge < -0.3 is 10.1 Å². The Hall–Kier alpha value is -2.93. The smallest absolute Gasteiger partial charge is 0.258 e. The Morgan fingerprint density at radius 1 is 1.33 bits per heavy atom. The van der Waals surface area contributed by atoms with Crippen molar-refractivity contribution in [2.75, 3.05) is 12.4 Å². The van der Waals surface area contributed by atoms with Crippen LogP contribution in [0, 0.1) is 5.82 Å². The van der Waals surface area contributed by atoms with E-state index in [-0.39, 0.29) is 5.56 Å². The van der Waals surface area contributed by atoms with Gasteiger partial charge in [0.15, 0.2) is 0 Å². The number of halogens is 2. The molecule has 1 N–H and O–H groups in total. The number of carbonyl (C=O) groups excluding carboxylic acids is 1. The van der Waals surface area contributed by atoms with Crippen LogP contribution in [0.25, 0.3) is 5.69 Å². The summed E-state index contributed by atoms with van der Waals surface area (Å²) in [6.45, 7) is 0. The Labute approximate surface area is 141 Å². The maximum Gasteiger partial charge on any atom is 0.258 e. The molecule has 122 valence electrons. The Bertz CT molecular complexity index is 884. The lowest BCUT2D eigenvalue weighted by atomic mass is 10.1. The van der Waals surface area contributed by atoms with E-state index in [1.807, 2.05) is 0 Å². The van der Waals surface area contributed by atoms with Crippen LogP contribution in [0.2, 0.25) is 5.02 Å². The summed E-state index contributed by atoms with van der Waals surface area (Å²) in [6.07, 6.45) is 2.79. The predicted molar refractivity (Wildman–Crippen MR) is 87.3 cm³/mol. The van der Waals surface area contributed by atoms with Gasteiger partial charge in [0.1, 0.15) is 29.9 Å². The molecule has 0 aliphatic rings. The topological polar surface area (TPSA) is 69.0 Å². The third-order valence-electron chi connectivity index (χ3n) is 3.30. The molecule has 6 nitrogen and oxygen atoms in total. The number of methoxy groups -OCH3 is 1. The zero-order chi connectivity index (χ0) is 17.1. The van der Waals surface area contributed by atoms with E-state index in [1.54, 1.807) is 18.2 Å². The van der Waals surface area contributed by atoms with Crippen molar-refractivity contribution in [2.24, 2.45) is 0 Å². The second-order valence-corrected chi connectivity index (χ2v) is 5.18. The number of benzene rings is 2. The molecule has 2 aromatic carbocycles. The zero-order valence-corrected chi connectivity index (χ0v) is 13.3. The van der Waals surface area contributed by atoms with Crippen molar-refractivity contribution in [3.63, 3.8) is 0 Å². The predicted octanol–water partition coefficient (Wildman–Crippen LogP) is 3.32. The highest BCUT2D eigenvalue weighted by atomic mass is 35.5. The number of carbonyl (C=O) groups is 1. The van der Waals surface area contributed by atoms with Crippen molar-refractivity contribution >= 4 is 23.2 Å². The number of hydrogen-bond acceptors (Lipinski definition) is 4. The van der Waals surface area contributed by atoms with Crippen LogP contribution in [0.1, 0.15) is 10.4 Å². The zero-order valence-electron chi connectivity index (χ0n) is 12.5. The van der Waals surface area contributed by atoms with Gasteiger partial charge in [0.25, 0.3) is 5.91 Å². The van der Waals surface area contributed by atoms with E-state index in [0.29, 0.717) is 22.1 Å². The number of amides is 1. The van der Waals surface area contributed by atoms with Crippen LogP contribution < -0.4 is 10.1 Å². The molecule has 1 amide bonds. The third kappa shape index (κ3) is 3.07. The lowest BCUT2D eigenvalue weighted by Gasteiger charge is -2.13. The lowest BCUT2D eigenvalue weighted by Crippen LogP contribution is -2.15. The largest absolute Gasteiger partial charge is 0.497 e. The molecule has 1 aromatic heterocycles. The molecule has 0 saturated heterocycles. The second kappa shape index (κ2) is 6.67. The molecule has 0 aliphatic carbocycles. The summed E-state index contributed by atoms with van der Waals surface area (Å²) in [5, 5.41) is 7.02. The van der Waals surface area contributed by atoms with Crippen LogP contribution in [0.3, 0.4) is 0 Å². The molecule has 0 spiro atoms. The van der Waals surface area contributed by atoms with E-state index in [4.69, 9.17) is 16.3 Å². The van der Waals surface area contributed by atoms with Gasteiger partial charge in [-0.3, -0.25) is 4.79 Å². The summed E-state index contributed by atoms with van der Waals surface area (Å²) in [6, 6.07) is 8.97. The SMILES string of the molecule is COc1ccc(C(=O)Nc2cccc(Cl)c2-n2cncn2)c(F)c1. The van der Waals surface area contributed by atoms with Crippen molar-refractivity contribution < 1.29 is 13.9 Å². The quantitative estimate of drug-likeness (QED) is 0.786. The van der Waals surface area contributed by atoms with E-state index in [9.17, 15) is 9.18 Å². The van der Waals surface area contributed by atoms with Gasteiger partial charge >= 0.3 is 0 Å². The highest BCUT2D eigenvalue weighted by molar-refractivity contribution is 6.33. The van der Waals surface area contributed by atoms with E-state index in [0.717, 1.165) is 6.07 Å². The van der Waals surface area contributed by atoms with Gasteiger partial charge in [-0.1, -0.05) is 17.7 Å². The molecule has 24 heavy (non-hydrogen) atoms. The first-order chi connectivity index (χ1) is 11.6. The lowest BCUT2D eigenvalue weighted by molar-refractivity contribution is 0.102. The highest BCUT2D eigenvalue weighted by Gasteiger charge is 2.16. The normalized spacial score (nSPS) is 10.5. The van der Waals surface area contributed by atoms with Gasteiger partial charge in [0, 0.05) is 6.07 Å². The molecule has 0 bridgehead atoms. The highest BCUT2D eigenvalue weighted by Crippen LogP contribution is 2.28. The number of nitrogens with one attached hydrogen (secondary N) is 1. The van der Waals surface area contributed by atoms with Crippen molar-refractivity contribution in [3.05, 3.63) is 65.5 Å². The first-order valence-electron chi connectivity index (χ1n) is 6.88. The summed E-state index contributed by atoms with van der Waals surface area (Å²) in [5.74, 6) is -0.968. The number of hydrogen-bond donors (Lipinski definition) is 1. The van der Waals surface area contributed by atoms with Crippen LogP contribution in [-0.4, -0.2) is 27.8 Å². The van der Waals surface area contributed by atoms with Crippen molar-refractivity contribution in [3.8, 4) is 11.4 Å². The number of rotatable bonds is 4. The summed E-state index contributed by atoms with van der Waals surface area (Å²) in [5.41, 5.74) is 0.715. The van der Waals surface area contributed by atoms with Crippen LogP contribution in [0.15, 0.2) is 49.1 Å². The number of anilines is 1. The minimum absolute atomic E-state index is 0.111. The summed E-state index contributed by atoms with van der Waals surface area (Å²) in [4.78, 5) is 16.2. The molecule has 1 heterocycles. The van der Waals surface area contributed by atoms with Crippen LogP contribution in [0.5, 0.6) is 5.75 Å². The standard InChI is InChI=1S/C16H12ClFN4O2/c1-24-10-5-6-11(13(18)7-10)16(23)21-14-4-2-3-12(17)15(14)22-9-19-8-20-22/h2-9H,1H3,(H,21,23). The number of para-hydroxylation sites is 1. The maximum atomic E-state index is 14.0. The molecule has 0 fully saturated rings. The minimum Gasteiger partial charge on any atom is -0.497 e. The molecule has 0 aliphatic heterocycles. The van der Waals surface area contributed by atoms with Crippen molar-refractivity contribution in [1.82, 2.24) is 14.8 Å². The summed E-state index contributed by atoms with van der Waals surface area (Å²) < 4.78 is 20.4. The third-order valence-corrected chi connectivity index (χ3v) is 3.61. The first kappa shape index (κ1) is 15.9. The van der Waals surface area contributed by atoms with Gasteiger partial charge in [0.2, 0.25) is 0 Å².